The van der Waals surface area contributed by atoms with Crippen LogP contribution in [0.15, 0.2) is 42.6 Å². The number of fused-ring (bicyclic) bond motifs is 1. The average Bonchev–Trinajstić information content (AvgIpc) is 3.19. The summed E-state index contributed by atoms with van der Waals surface area (Å²) in [6.45, 7) is 1.89. The molecule has 1 aromatic carbocycles. The van der Waals surface area contributed by atoms with Gasteiger partial charge in [0.25, 0.3) is 0 Å². The standard InChI is InChI=1S/C21H24Cl2N4O/c22-18-8-7-14(10-19(18)23)12-27(13-16-5-1-2-9-24-16)21(28)17-6-3-4-15-11-25-26-20(15)17/h1-2,5,7-10,15,17,20,25-26H,3-4,6,11-13H2. The molecule has 2 N–H and O–H groups in total. The van der Waals surface area contributed by atoms with Crippen LogP contribution in [0.2, 0.25) is 10.0 Å². The smallest absolute Gasteiger partial charge is 0.227 e. The van der Waals surface area contributed by atoms with Crippen molar-refractivity contribution >= 4 is 29.1 Å². The lowest BCUT2D eigenvalue weighted by atomic mass is 9.77. The van der Waals surface area contributed by atoms with E-state index in [4.69, 9.17) is 23.2 Å². The van der Waals surface area contributed by atoms with E-state index in [-0.39, 0.29) is 17.9 Å². The third-order valence-electron chi connectivity index (χ3n) is 5.73. The van der Waals surface area contributed by atoms with Gasteiger partial charge in [0.2, 0.25) is 5.91 Å². The Kier molecular flexibility index (Phi) is 6.16. The number of carbonyl (C=O) groups is 1. The maximum absolute atomic E-state index is 13.6. The van der Waals surface area contributed by atoms with E-state index in [9.17, 15) is 4.79 Å². The Morgan fingerprint density at radius 3 is 2.82 bits per heavy atom. The first kappa shape index (κ1) is 19.6. The summed E-state index contributed by atoms with van der Waals surface area (Å²) < 4.78 is 0. The van der Waals surface area contributed by atoms with Crippen molar-refractivity contribution in [2.45, 2.75) is 38.4 Å². The van der Waals surface area contributed by atoms with E-state index in [1.54, 1.807) is 12.3 Å². The first-order valence-corrected chi connectivity index (χ1v) is 10.5. The van der Waals surface area contributed by atoms with Crippen LogP contribution < -0.4 is 10.9 Å². The summed E-state index contributed by atoms with van der Waals surface area (Å²) >= 11 is 12.2. The van der Waals surface area contributed by atoms with Crippen LogP contribution in [0.3, 0.4) is 0 Å². The number of nitrogens with one attached hydrogen (secondary N) is 2. The average molecular weight is 419 g/mol. The van der Waals surface area contributed by atoms with Gasteiger partial charge in [-0.3, -0.25) is 20.6 Å². The minimum absolute atomic E-state index is 0.0276. The number of hydrogen-bond acceptors (Lipinski definition) is 4. The fraction of sp³-hybridized carbons (Fsp3) is 0.429. The van der Waals surface area contributed by atoms with Gasteiger partial charge in [-0.2, -0.15) is 0 Å². The van der Waals surface area contributed by atoms with E-state index in [1.807, 2.05) is 35.2 Å². The highest BCUT2D eigenvalue weighted by atomic mass is 35.5. The third kappa shape index (κ3) is 4.33. The molecule has 5 nitrogen and oxygen atoms in total. The number of nitrogens with zero attached hydrogens (tertiary/aromatic N) is 2. The maximum atomic E-state index is 13.6. The van der Waals surface area contributed by atoms with E-state index in [2.05, 4.69) is 15.8 Å². The molecule has 2 aliphatic rings. The summed E-state index contributed by atoms with van der Waals surface area (Å²) in [5.74, 6) is 0.659. The van der Waals surface area contributed by atoms with Crippen LogP contribution in [0, 0.1) is 11.8 Å². The Bertz CT molecular complexity index is 832. The number of pyridine rings is 1. The summed E-state index contributed by atoms with van der Waals surface area (Å²) in [4.78, 5) is 19.9. The molecule has 2 heterocycles. The van der Waals surface area contributed by atoms with Crippen molar-refractivity contribution < 1.29 is 4.79 Å². The Morgan fingerprint density at radius 2 is 2.04 bits per heavy atom. The zero-order valence-corrected chi connectivity index (χ0v) is 17.1. The number of aromatic nitrogens is 1. The molecule has 3 unspecified atom stereocenters. The second-order valence-electron chi connectivity index (χ2n) is 7.61. The van der Waals surface area contributed by atoms with Gasteiger partial charge in [0.15, 0.2) is 0 Å². The van der Waals surface area contributed by atoms with Crippen LogP contribution >= 0.6 is 23.2 Å². The summed E-state index contributed by atoms with van der Waals surface area (Å²) in [5.41, 5.74) is 8.41. The molecule has 0 spiro atoms. The molecule has 1 saturated carbocycles. The van der Waals surface area contributed by atoms with Gasteiger partial charge in [-0.15, -0.1) is 0 Å². The lowest BCUT2D eigenvalue weighted by Gasteiger charge is -2.35. The normalized spacial score (nSPS) is 24.0. The number of rotatable bonds is 5. The SMILES string of the molecule is O=C(C1CCCC2CNNC21)N(Cc1ccc(Cl)c(Cl)c1)Cc1ccccn1. The molecule has 28 heavy (non-hydrogen) atoms. The monoisotopic (exact) mass is 418 g/mol. The van der Waals surface area contributed by atoms with E-state index in [0.717, 1.165) is 30.6 Å². The summed E-state index contributed by atoms with van der Waals surface area (Å²) in [7, 11) is 0. The van der Waals surface area contributed by atoms with Crippen molar-refractivity contribution in [3.8, 4) is 0 Å². The van der Waals surface area contributed by atoms with E-state index < -0.39 is 0 Å². The highest BCUT2D eigenvalue weighted by molar-refractivity contribution is 6.42. The predicted molar refractivity (Wildman–Crippen MR) is 111 cm³/mol. The van der Waals surface area contributed by atoms with Crippen molar-refractivity contribution in [3.63, 3.8) is 0 Å². The van der Waals surface area contributed by atoms with Crippen molar-refractivity contribution in [3.05, 3.63) is 63.9 Å². The molecular weight excluding hydrogens is 395 g/mol. The molecule has 7 heteroatoms. The van der Waals surface area contributed by atoms with Crippen molar-refractivity contribution in [1.29, 1.82) is 0 Å². The number of benzene rings is 1. The third-order valence-corrected chi connectivity index (χ3v) is 6.47. The van der Waals surface area contributed by atoms with Crippen LogP contribution in [-0.2, 0) is 17.9 Å². The van der Waals surface area contributed by atoms with Crippen LogP contribution in [0.25, 0.3) is 0 Å². The maximum Gasteiger partial charge on any atom is 0.227 e. The first-order chi connectivity index (χ1) is 13.6. The van der Waals surface area contributed by atoms with Crippen molar-refractivity contribution in [2.24, 2.45) is 11.8 Å². The van der Waals surface area contributed by atoms with Gasteiger partial charge in [-0.05, 0) is 48.6 Å². The molecule has 0 radical (unpaired) electrons. The number of hydrogen-bond donors (Lipinski definition) is 2. The van der Waals surface area contributed by atoms with E-state index in [0.29, 0.717) is 29.1 Å². The molecule has 1 aliphatic carbocycles. The minimum Gasteiger partial charge on any atom is -0.332 e. The largest absolute Gasteiger partial charge is 0.332 e. The van der Waals surface area contributed by atoms with Gasteiger partial charge in [-0.25, -0.2) is 0 Å². The zero-order valence-electron chi connectivity index (χ0n) is 15.6. The number of carbonyl (C=O) groups excluding carboxylic acids is 1. The van der Waals surface area contributed by atoms with E-state index in [1.165, 1.54) is 6.42 Å². The predicted octanol–water partition coefficient (Wildman–Crippen LogP) is 3.81. The first-order valence-electron chi connectivity index (χ1n) is 9.73. The van der Waals surface area contributed by atoms with Gasteiger partial charge < -0.3 is 4.90 Å². The molecule has 1 amide bonds. The quantitative estimate of drug-likeness (QED) is 0.774. The fourth-order valence-electron chi connectivity index (χ4n) is 4.31. The molecule has 4 rings (SSSR count). The molecule has 1 aliphatic heterocycles. The number of halogens is 2. The Hall–Kier alpha value is -1.66. The Balaban J connectivity index is 1.58. The van der Waals surface area contributed by atoms with Gasteiger partial charge in [0.1, 0.15) is 0 Å². The molecule has 1 aromatic heterocycles. The van der Waals surface area contributed by atoms with Gasteiger partial charge in [0, 0.05) is 25.3 Å². The van der Waals surface area contributed by atoms with Crippen LogP contribution in [-0.4, -0.2) is 28.4 Å². The molecule has 148 valence electrons. The highest BCUT2D eigenvalue weighted by Gasteiger charge is 2.41. The lowest BCUT2D eigenvalue weighted by Crippen LogP contribution is -2.48. The van der Waals surface area contributed by atoms with Crippen LogP contribution in [0.5, 0.6) is 0 Å². The van der Waals surface area contributed by atoms with Crippen molar-refractivity contribution in [2.75, 3.05) is 6.54 Å². The number of hydrazine groups is 1. The number of amides is 1. The highest BCUT2D eigenvalue weighted by Crippen LogP contribution is 2.33. The molecule has 2 fully saturated rings. The van der Waals surface area contributed by atoms with Crippen LogP contribution in [0.1, 0.15) is 30.5 Å². The Morgan fingerprint density at radius 1 is 1.14 bits per heavy atom. The molecule has 1 saturated heterocycles. The Labute approximate surface area is 175 Å². The topological polar surface area (TPSA) is 57.3 Å². The molecular formula is C21H24Cl2N4O. The van der Waals surface area contributed by atoms with Gasteiger partial charge >= 0.3 is 0 Å². The molecule has 3 atom stereocenters. The zero-order chi connectivity index (χ0) is 19.5. The molecule has 2 aromatic rings. The summed E-state index contributed by atoms with van der Waals surface area (Å²) in [5, 5.41) is 1.02. The summed E-state index contributed by atoms with van der Waals surface area (Å²) in [6, 6.07) is 11.5. The lowest BCUT2D eigenvalue weighted by molar-refractivity contribution is -0.139. The second kappa shape index (κ2) is 8.78. The van der Waals surface area contributed by atoms with Gasteiger partial charge in [-0.1, -0.05) is 41.8 Å². The molecule has 0 bridgehead atoms. The fourth-order valence-corrected chi connectivity index (χ4v) is 4.63. The van der Waals surface area contributed by atoms with Gasteiger partial charge in [0.05, 0.1) is 28.2 Å². The summed E-state index contributed by atoms with van der Waals surface area (Å²) in [6.07, 6.45) is 4.93. The van der Waals surface area contributed by atoms with Crippen LogP contribution in [0.4, 0.5) is 0 Å². The minimum atomic E-state index is -0.0276. The van der Waals surface area contributed by atoms with E-state index >= 15 is 0 Å². The second-order valence-corrected chi connectivity index (χ2v) is 8.43. The van der Waals surface area contributed by atoms with Crippen molar-refractivity contribution in [1.82, 2.24) is 20.7 Å².